The summed E-state index contributed by atoms with van der Waals surface area (Å²) in [5.41, 5.74) is 2.33. The Bertz CT molecular complexity index is 436. The summed E-state index contributed by atoms with van der Waals surface area (Å²) < 4.78 is 1.89. The second-order valence-electron chi connectivity index (χ2n) is 3.96. The van der Waals surface area contributed by atoms with E-state index in [1.54, 1.807) is 12.4 Å². The van der Waals surface area contributed by atoms with Crippen molar-refractivity contribution in [2.75, 3.05) is 13.1 Å². The minimum absolute atomic E-state index is 1.04. The Hall–Kier alpha value is -1.68. The third-order valence-electron chi connectivity index (χ3n) is 2.63. The monoisotopic (exact) mass is 230 g/mol. The normalized spacial score (nSPS) is 10.6. The van der Waals surface area contributed by atoms with Crippen LogP contribution in [-0.2, 0) is 6.42 Å². The number of nitrogens with one attached hydrogen (secondary N) is 1. The average molecular weight is 230 g/mol. The topological polar surface area (TPSA) is 42.7 Å². The second kappa shape index (κ2) is 6.15. The summed E-state index contributed by atoms with van der Waals surface area (Å²) in [4.78, 5) is 4.00. The van der Waals surface area contributed by atoms with Gasteiger partial charge in [0.25, 0.3) is 0 Å². The molecule has 17 heavy (non-hydrogen) atoms. The van der Waals surface area contributed by atoms with Crippen molar-refractivity contribution in [2.45, 2.75) is 19.8 Å². The summed E-state index contributed by atoms with van der Waals surface area (Å²) in [6.45, 7) is 4.23. The molecule has 2 aromatic heterocycles. The molecule has 2 aromatic rings. The molecule has 2 rings (SSSR count). The van der Waals surface area contributed by atoms with Crippen LogP contribution in [0.15, 0.2) is 36.9 Å². The van der Waals surface area contributed by atoms with E-state index < -0.39 is 0 Å². The van der Waals surface area contributed by atoms with E-state index in [0.717, 1.165) is 31.6 Å². The van der Waals surface area contributed by atoms with E-state index in [2.05, 4.69) is 28.5 Å². The van der Waals surface area contributed by atoms with Crippen molar-refractivity contribution in [1.29, 1.82) is 0 Å². The third-order valence-corrected chi connectivity index (χ3v) is 2.63. The Kier molecular flexibility index (Phi) is 4.27. The van der Waals surface area contributed by atoms with Gasteiger partial charge in [0, 0.05) is 18.6 Å². The first-order valence-electron chi connectivity index (χ1n) is 6.05. The molecule has 0 unspecified atom stereocenters. The molecular weight excluding hydrogens is 212 g/mol. The van der Waals surface area contributed by atoms with Gasteiger partial charge in [0.2, 0.25) is 0 Å². The van der Waals surface area contributed by atoms with E-state index in [1.807, 2.05) is 23.0 Å². The number of aryl methyl sites for hydroxylation is 1. The van der Waals surface area contributed by atoms with Crippen LogP contribution in [0.3, 0.4) is 0 Å². The summed E-state index contributed by atoms with van der Waals surface area (Å²) in [5, 5.41) is 7.68. The quantitative estimate of drug-likeness (QED) is 0.770. The number of hydrogen-bond donors (Lipinski definition) is 1. The SMILES string of the molecule is CCNCCCc1cnn(-c2ccncc2)c1. The zero-order chi connectivity index (χ0) is 11.9. The van der Waals surface area contributed by atoms with Crippen LogP contribution in [0.1, 0.15) is 18.9 Å². The molecule has 0 spiro atoms. The number of pyridine rings is 1. The minimum atomic E-state index is 1.04. The molecule has 0 saturated heterocycles. The van der Waals surface area contributed by atoms with Gasteiger partial charge in [0.05, 0.1) is 11.9 Å². The lowest BCUT2D eigenvalue weighted by molar-refractivity contribution is 0.672. The van der Waals surface area contributed by atoms with Gasteiger partial charge >= 0.3 is 0 Å². The van der Waals surface area contributed by atoms with Crippen molar-refractivity contribution in [2.24, 2.45) is 0 Å². The molecular formula is C13H18N4. The van der Waals surface area contributed by atoms with E-state index in [0.29, 0.717) is 0 Å². The summed E-state index contributed by atoms with van der Waals surface area (Å²) in [7, 11) is 0. The van der Waals surface area contributed by atoms with Crippen LogP contribution in [0.4, 0.5) is 0 Å². The van der Waals surface area contributed by atoms with Gasteiger partial charge in [-0.05, 0) is 43.6 Å². The summed E-state index contributed by atoms with van der Waals surface area (Å²) >= 11 is 0. The summed E-state index contributed by atoms with van der Waals surface area (Å²) in [6, 6.07) is 3.91. The van der Waals surface area contributed by atoms with Gasteiger partial charge in [-0.1, -0.05) is 6.92 Å². The standard InChI is InChI=1S/C13H18N4/c1-2-14-7-3-4-12-10-16-17(11-12)13-5-8-15-9-6-13/h5-6,8-11,14H,2-4,7H2,1H3. The van der Waals surface area contributed by atoms with Gasteiger partial charge in [-0.2, -0.15) is 5.10 Å². The van der Waals surface area contributed by atoms with Crippen molar-refractivity contribution in [1.82, 2.24) is 20.1 Å². The summed E-state index contributed by atoms with van der Waals surface area (Å²) in [6.07, 6.45) is 9.80. The van der Waals surface area contributed by atoms with E-state index in [4.69, 9.17) is 0 Å². The van der Waals surface area contributed by atoms with Crippen molar-refractivity contribution in [3.63, 3.8) is 0 Å². The maximum absolute atomic E-state index is 4.35. The number of hydrogen-bond acceptors (Lipinski definition) is 3. The fraction of sp³-hybridized carbons (Fsp3) is 0.385. The van der Waals surface area contributed by atoms with E-state index in [9.17, 15) is 0 Å². The number of aromatic nitrogens is 3. The first-order valence-corrected chi connectivity index (χ1v) is 6.05. The van der Waals surface area contributed by atoms with Crippen LogP contribution < -0.4 is 5.32 Å². The molecule has 4 nitrogen and oxygen atoms in total. The van der Waals surface area contributed by atoms with Crippen molar-refractivity contribution >= 4 is 0 Å². The van der Waals surface area contributed by atoms with Crippen LogP contribution in [0, 0.1) is 0 Å². The molecule has 0 aliphatic carbocycles. The highest BCUT2D eigenvalue weighted by molar-refractivity contribution is 5.28. The van der Waals surface area contributed by atoms with Crippen LogP contribution in [-0.4, -0.2) is 27.9 Å². The van der Waals surface area contributed by atoms with Crippen molar-refractivity contribution < 1.29 is 0 Å². The molecule has 0 radical (unpaired) electrons. The van der Waals surface area contributed by atoms with Gasteiger partial charge in [0.1, 0.15) is 0 Å². The first kappa shape index (κ1) is 11.8. The highest BCUT2D eigenvalue weighted by Crippen LogP contribution is 2.07. The van der Waals surface area contributed by atoms with Gasteiger partial charge in [-0.15, -0.1) is 0 Å². The minimum Gasteiger partial charge on any atom is -0.317 e. The Morgan fingerprint density at radius 1 is 1.29 bits per heavy atom. The molecule has 0 aliphatic rings. The van der Waals surface area contributed by atoms with E-state index >= 15 is 0 Å². The fourth-order valence-electron chi connectivity index (χ4n) is 1.72. The lowest BCUT2D eigenvalue weighted by Crippen LogP contribution is -2.14. The highest BCUT2D eigenvalue weighted by atomic mass is 15.3. The van der Waals surface area contributed by atoms with Gasteiger partial charge < -0.3 is 5.32 Å². The van der Waals surface area contributed by atoms with Crippen molar-refractivity contribution in [3.05, 3.63) is 42.5 Å². The maximum Gasteiger partial charge on any atom is 0.0676 e. The van der Waals surface area contributed by atoms with Gasteiger partial charge in [-0.3, -0.25) is 4.98 Å². The third kappa shape index (κ3) is 3.39. The molecule has 4 heteroatoms. The van der Waals surface area contributed by atoms with E-state index in [-0.39, 0.29) is 0 Å². The second-order valence-corrected chi connectivity index (χ2v) is 3.96. The highest BCUT2D eigenvalue weighted by Gasteiger charge is 2.00. The smallest absolute Gasteiger partial charge is 0.0676 e. The zero-order valence-electron chi connectivity index (χ0n) is 10.1. The van der Waals surface area contributed by atoms with Crippen LogP contribution in [0.2, 0.25) is 0 Å². The molecule has 0 aliphatic heterocycles. The molecule has 1 N–H and O–H groups in total. The maximum atomic E-state index is 4.35. The molecule has 0 aromatic carbocycles. The number of nitrogens with zero attached hydrogens (tertiary/aromatic N) is 3. The van der Waals surface area contributed by atoms with Crippen LogP contribution in [0.5, 0.6) is 0 Å². The largest absolute Gasteiger partial charge is 0.317 e. The Balaban J connectivity index is 1.92. The fourth-order valence-corrected chi connectivity index (χ4v) is 1.72. The predicted molar refractivity (Wildman–Crippen MR) is 68.2 cm³/mol. The lowest BCUT2D eigenvalue weighted by atomic mass is 10.2. The first-order chi connectivity index (χ1) is 8.40. The molecule has 0 atom stereocenters. The number of rotatable bonds is 6. The molecule has 90 valence electrons. The molecule has 0 amide bonds. The van der Waals surface area contributed by atoms with Gasteiger partial charge in [-0.25, -0.2) is 4.68 Å². The van der Waals surface area contributed by atoms with Gasteiger partial charge in [0.15, 0.2) is 0 Å². The average Bonchev–Trinajstić information content (AvgIpc) is 2.85. The molecule has 0 saturated carbocycles. The summed E-state index contributed by atoms with van der Waals surface area (Å²) in [5.74, 6) is 0. The van der Waals surface area contributed by atoms with Crippen LogP contribution in [0.25, 0.3) is 5.69 Å². The van der Waals surface area contributed by atoms with E-state index in [1.165, 1.54) is 5.56 Å². The zero-order valence-corrected chi connectivity index (χ0v) is 10.1. The van der Waals surface area contributed by atoms with Crippen LogP contribution >= 0.6 is 0 Å². The molecule has 0 fully saturated rings. The predicted octanol–water partition coefficient (Wildman–Crippen LogP) is 1.81. The Morgan fingerprint density at radius 2 is 2.12 bits per heavy atom. The van der Waals surface area contributed by atoms with Crippen molar-refractivity contribution in [3.8, 4) is 5.69 Å². The molecule has 2 heterocycles. The molecule has 0 bridgehead atoms. The Morgan fingerprint density at radius 3 is 2.88 bits per heavy atom. The Labute approximate surface area is 102 Å². The lowest BCUT2D eigenvalue weighted by Gasteiger charge is -2.00.